The predicted octanol–water partition coefficient (Wildman–Crippen LogP) is 5.20. The fourth-order valence-corrected chi connectivity index (χ4v) is 6.95. The van der Waals surface area contributed by atoms with Gasteiger partial charge in [0.1, 0.15) is 29.1 Å². The van der Waals surface area contributed by atoms with E-state index in [1.165, 1.54) is 29.2 Å². The molecule has 4 atom stereocenters. The lowest BCUT2D eigenvalue weighted by molar-refractivity contribution is -0.136. The van der Waals surface area contributed by atoms with Crippen LogP contribution in [-0.4, -0.2) is 66.7 Å². The molecule has 0 radical (unpaired) electrons. The summed E-state index contributed by atoms with van der Waals surface area (Å²) in [5, 5.41) is 12.8. The average Bonchev–Trinajstić information content (AvgIpc) is 3.64. The first kappa shape index (κ1) is 31.7. The summed E-state index contributed by atoms with van der Waals surface area (Å²) < 4.78 is 25.3. The molecule has 3 aromatic carbocycles. The minimum atomic E-state index is -1.10. The average molecular weight is 635 g/mol. The van der Waals surface area contributed by atoms with Gasteiger partial charge in [-0.1, -0.05) is 24.3 Å². The highest BCUT2D eigenvalue weighted by Crippen LogP contribution is 2.52. The van der Waals surface area contributed by atoms with Gasteiger partial charge >= 0.3 is 0 Å². The Morgan fingerprint density at radius 1 is 0.936 bits per heavy atom. The first-order chi connectivity index (χ1) is 22.7. The van der Waals surface area contributed by atoms with Crippen LogP contribution in [0.5, 0.6) is 5.75 Å². The monoisotopic (exact) mass is 634 g/mol. The molecule has 0 bridgehead atoms. The number of carbonyl (C=O) groups is 3. The number of amides is 2. The fourth-order valence-electron chi connectivity index (χ4n) is 6.95. The van der Waals surface area contributed by atoms with E-state index in [4.69, 9.17) is 9.15 Å². The first-order valence-corrected chi connectivity index (χ1v) is 15.5. The summed E-state index contributed by atoms with van der Waals surface area (Å²) >= 11 is 0. The van der Waals surface area contributed by atoms with E-state index in [2.05, 4.69) is 11.4 Å². The number of likely N-dealkylation sites (tertiary alicyclic amines) is 1. The van der Waals surface area contributed by atoms with E-state index in [0.29, 0.717) is 65.7 Å². The molecule has 4 unspecified atom stereocenters. The van der Waals surface area contributed by atoms with Crippen molar-refractivity contribution in [2.24, 2.45) is 5.92 Å². The number of methoxy groups -OCH3 is 1. The molecule has 10 heteroatoms. The Morgan fingerprint density at radius 3 is 2.15 bits per heavy atom. The van der Waals surface area contributed by atoms with E-state index in [-0.39, 0.29) is 17.3 Å². The Labute approximate surface area is 272 Å². The molecule has 9 nitrogen and oxygen atoms in total. The number of carbonyl (C=O) groups excluding carboxylic acids is 3. The number of Topliss-reactive ketones (excluding diaryl/α,β-unsaturated/α-hetero) is 1. The molecule has 240 valence electrons. The zero-order chi connectivity index (χ0) is 33.2. The molecular weight excluding hydrogens is 599 g/mol. The summed E-state index contributed by atoms with van der Waals surface area (Å²) in [5.41, 5.74) is 2.23. The van der Waals surface area contributed by atoms with Crippen LogP contribution in [-0.2, 0) is 4.79 Å². The Balaban J connectivity index is 1.63. The second-order valence-corrected chi connectivity index (χ2v) is 11.9. The van der Waals surface area contributed by atoms with Gasteiger partial charge in [-0.05, 0) is 79.6 Å². The van der Waals surface area contributed by atoms with E-state index in [1.54, 1.807) is 68.3 Å². The van der Waals surface area contributed by atoms with Crippen molar-refractivity contribution in [1.29, 1.82) is 5.26 Å². The molecule has 0 aliphatic carbocycles. The summed E-state index contributed by atoms with van der Waals surface area (Å²) in [5.74, 6) is -1.69. The number of hydrogen-bond donors (Lipinski definition) is 1. The molecule has 6 rings (SSSR count). The van der Waals surface area contributed by atoms with Gasteiger partial charge < -0.3 is 24.3 Å². The number of nitrogens with zero attached hydrogens (tertiary/aromatic N) is 3. The first-order valence-electron chi connectivity index (χ1n) is 15.5. The fraction of sp³-hybridized carbons (Fsp3) is 0.297. The standard InChI is InChI=1S/C37H35FN4O5/c1-22-20-30(23(2)47-22)35(43)32-31(25-10-14-29(46-3)15-11-25)34(37(45)41-18-16-40-17-19-41)42(36(44)27-8-12-28(38)13-9-27)33(32)26-6-4-24(21-39)5-7-26/h4-15,20,31-34,40H,16-19H2,1-3H3. The minimum absolute atomic E-state index is 0.181. The smallest absolute Gasteiger partial charge is 0.255 e. The van der Waals surface area contributed by atoms with Crippen LogP contribution >= 0.6 is 0 Å². The minimum Gasteiger partial charge on any atom is -0.497 e. The third kappa shape index (κ3) is 6.02. The Bertz CT molecular complexity index is 1820. The van der Waals surface area contributed by atoms with Crippen LogP contribution in [0, 0.1) is 36.9 Å². The number of furan rings is 1. The van der Waals surface area contributed by atoms with Crippen molar-refractivity contribution >= 4 is 17.6 Å². The molecule has 0 spiro atoms. The highest BCUT2D eigenvalue weighted by Gasteiger charge is 2.58. The number of halogens is 1. The molecule has 1 N–H and O–H groups in total. The summed E-state index contributed by atoms with van der Waals surface area (Å²) in [7, 11) is 1.56. The van der Waals surface area contributed by atoms with E-state index in [0.717, 1.165) is 0 Å². The molecular formula is C37H35FN4O5. The molecule has 0 saturated carbocycles. The van der Waals surface area contributed by atoms with Crippen molar-refractivity contribution in [3.05, 3.63) is 124 Å². The van der Waals surface area contributed by atoms with E-state index >= 15 is 0 Å². The molecule has 3 heterocycles. The molecule has 2 aliphatic rings. The number of rotatable bonds is 7. The Morgan fingerprint density at radius 2 is 1.57 bits per heavy atom. The van der Waals surface area contributed by atoms with E-state index < -0.39 is 35.6 Å². The third-order valence-electron chi connectivity index (χ3n) is 9.17. The number of piperazine rings is 1. The summed E-state index contributed by atoms with van der Waals surface area (Å²) in [6.45, 7) is 5.53. The van der Waals surface area contributed by atoms with Crippen LogP contribution in [0.15, 0.2) is 83.3 Å². The van der Waals surface area contributed by atoms with Gasteiger partial charge in [0.25, 0.3) is 5.91 Å². The van der Waals surface area contributed by atoms with Gasteiger partial charge in [-0.2, -0.15) is 5.26 Å². The number of nitriles is 1. The summed E-state index contributed by atoms with van der Waals surface area (Å²) in [4.78, 5) is 47.7. The number of aryl methyl sites for hydroxylation is 2. The van der Waals surface area contributed by atoms with Crippen LogP contribution in [0.25, 0.3) is 0 Å². The van der Waals surface area contributed by atoms with Crippen molar-refractivity contribution < 1.29 is 27.9 Å². The Hall–Kier alpha value is -5.27. The summed E-state index contributed by atoms with van der Waals surface area (Å²) in [6, 6.07) is 20.9. The quantitative estimate of drug-likeness (QED) is 0.278. The highest BCUT2D eigenvalue weighted by molar-refractivity contribution is 6.04. The van der Waals surface area contributed by atoms with Crippen LogP contribution in [0.3, 0.4) is 0 Å². The topological polar surface area (TPSA) is 116 Å². The van der Waals surface area contributed by atoms with Gasteiger partial charge in [0, 0.05) is 37.7 Å². The van der Waals surface area contributed by atoms with E-state index in [9.17, 15) is 24.0 Å². The number of hydrogen-bond acceptors (Lipinski definition) is 7. The largest absolute Gasteiger partial charge is 0.497 e. The third-order valence-corrected chi connectivity index (χ3v) is 9.17. The normalized spacial score (nSPS) is 20.9. The van der Waals surface area contributed by atoms with Crippen molar-refractivity contribution in [2.45, 2.75) is 31.8 Å². The molecule has 2 fully saturated rings. The van der Waals surface area contributed by atoms with Crippen molar-refractivity contribution in [3.8, 4) is 11.8 Å². The second kappa shape index (κ2) is 13.2. The predicted molar refractivity (Wildman–Crippen MR) is 171 cm³/mol. The van der Waals surface area contributed by atoms with Crippen LogP contribution in [0.2, 0.25) is 0 Å². The zero-order valence-electron chi connectivity index (χ0n) is 26.4. The number of benzene rings is 3. The molecule has 47 heavy (non-hydrogen) atoms. The van der Waals surface area contributed by atoms with Gasteiger partial charge in [0.05, 0.1) is 36.3 Å². The second-order valence-electron chi connectivity index (χ2n) is 11.9. The van der Waals surface area contributed by atoms with Crippen LogP contribution in [0.4, 0.5) is 4.39 Å². The van der Waals surface area contributed by atoms with Gasteiger partial charge in [-0.3, -0.25) is 14.4 Å². The lowest BCUT2D eigenvalue weighted by Gasteiger charge is -2.36. The number of ether oxygens (including phenoxy) is 1. The molecule has 1 aromatic heterocycles. The molecule has 4 aromatic rings. The van der Waals surface area contributed by atoms with Gasteiger partial charge in [0.2, 0.25) is 5.91 Å². The van der Waals surface area contributed by atoms with Gasteiger partial charge in [-0.15, -0.1) is 0 Å². The van der Waals surface area contributed by atoms with Crippen LogP contribution in [0.1, 0.15) is 60.9 Å². The van der Waals surface area contributed by atoms with Crippen LogP contribution < -0.4 is 10.1 Å². The molecule has 2 saturated heterocycles. The Kier molecular flexibility index (Phi) is 8.92. The highest BCUT2D eigenvalue weighted by atomic mass is 19.1. The number of ketones is 1. The van der Waals surface area contributed by atoms with Crippen molar-refractivity contribution in [1.82, 2.24) is 15.1 Å². The maximum Gasteiger partial charge on any atom is 0.255 e. The van der Waals surface area contributed by atoms with Gasteiger partial charge in [0.15, 0.2) is 5.78 Å². The molecule has 2 aliphatic heterocycles. The lowest BCUT2D eigenvalue weighted by Crippen LogP contribution is -2.54. The lowest BCUT2D eigenvalue weighted by atomic mass is 9.75. The maximum atomic E-state index is 14.9. The van der Waals surface area contributed by atoms with Crippen molar-refractivity contribution in [2.75, 3.05) is 33.3 Å². The van der Waals surface area contributed by atoms with E-state index in [1.807, 2.05) is 12.1 Å². The maximum absolute atomic E-state index is 14.9. The SMILES string of the molecule is COc1ccc(C2C(C(=O)c3cc(C)oc3C)C(c3ccc(C#N)cc3)N(C(=O)c3ccc(F)cc3)C2C(=O)N2CCNCC2)cc1. The molecule has 2 amide bonds. The summed E-state index contributed by atoms with van der Waals surface area (Å²) in [6.07, 6.45) is 0. The zero-order valence-corrected chi connectivity index (χ0v) is 26.4. The number of nitrogens with one attached hydrogen (secondary N) is 1. The van der Waals surface area contributed by atoms with Gasteiger partial charge in [-0.25, -0.2) is 4.39 Å². The van der Waals surface area contributed by atoms with Crippen molar-refractivity contribution in [3.63, 3.8) is 0 Å².